The number of rotatable bonds is 3. The predicted molar refractivity (Wildman–Crippen MR) is 69.1 cm³/mol. The summed E-state index contributed by atoms with van der Waals surface area (Å²) >= 11 is 0. The van der Waals surface area contributed by atoms with Crippen LogP contribution in [0.4, 0.5) is 4.79 Å². The van der Waals surface area contributed by atoms with E-state index in [0.29, 0.717) is 25.2 Å². The molecule has 2 N–H and O–H groups in total. The van der Waals surface area contributed by atoms with Gasteiger partial charge in [-0.05, 0) is 17.7 Å². The molecule has 6 heteroatoms. The van der Waals surface area contributed by atoms with Crippen LogP contribution in [0.25, 0.3) is 0 Å². The van der Waals surface area contributed by atoms with Crippen LogP contribution < -0.4 is 5.32 Å². The number of hydrogen-bond acceptors (Lipinski definition) is 3. The second-order valence-corrected chi connectivity index (χ2v) is 4.47. The van der Waals surface area contributed by atoms with Gasteiger partial charge >= 0.3 is 0 Å². The van der Waals surface area contributed by atoms with Crippen LogP contribution in [0.5, 0.6) is 0 Å². The molecule has 0 spiro atoms. The average molecular weight is 246 g/mol. The number of carbonyl (C=O) groups is 2. The monoisotopic (exact) mass is 246 g/mol. The van der Waals surface area contributed by atoms with Gasteiger partial charge in [0.25, 0.3) is 5.91 Å². The summed E-state index contributed by atoms with van der Waals surface area (Å²) in [5.41, 5.74) is 1.55. The summed E-state index contributed by atoms with van der Waals surface area (Å²) < 4.78 is 0. The molecule has 94 valence electrons. The van der Waals surface area contributed by atoms with Crippen LogP contribution >= 0.6 is 0 Å². The molecule has 0 saturated carbocycles. The van der Waals surface area contributed by atoms with Gasteiger partial charge in [-0.1, -0.05) is 12.1 Å². The Morgan fingerprint density at radius 1 is 1.33 bits per heavy atom. The maximum absolute atomic E-state index is 11.9. The molecule has 0 aromatic heterocycles. The Hall–Kier alpha value is -1.82. The van der Waals surface area contributed by atoms with Gasteiger partial charge in [-0.15, -0.1) is 0 Å². The number of β-amino-alcohol motifs (C(OH)–C–C–N with tert-alkyl or cyclic N) is 1. The minimum atomic E-state index is -0.381. The molecule has 1 aliphatic rings. The Morgan fingerprint density at radius 3 is 2.44 bits per heavy atom. The topological polar surface area (TPSA) is 69.6 Å². The molecule has 5 nitrogen and oxygen atoms in total. The highest BCUT2D eigenvalue weighted by Gasteiger charge is 2.29. The molecule has 0 aliphatic carbocycles. The largest absolute Gasteiger partial charge is 0.389 e. The highest BCUT2D eigenvalue weighted by Crippen LogP contribution is 2.13. The van der Waals surface area contributed by atoms with Gasteiger partial charge in [-0.2, -0.15) is 0 Å². The van der Waals surface area contributed by atoms with Crippen molar-refractivity contribution in [3.63, 3.8) is 0 Å². The first-order valence-corrected chi connectivity index (χ1v) is 5.87. The van der Waals surface area contributed by atoms with Crippen LogP contribution in [0, 0.1) is 0 Å². The normalized spacial score (nSPS) is 15.1. The lowest BCUT2D eigenvalue weighted by Gasteiger charge is -2.35. The number of likely N-dealkylation sites (tertiary alicyclic amines) is 1. The Morgan fingerprint density at radius 2 is 1.94 bits per heavy atom. The van der Waals surface area contributed by atoms with Crippen molar-refractivity contribution >= 4 is 19.6 Å². The molecule has 1 saturated heterocycles. The van der Waals surface area contributed by atoms with Crippen molar-refractivity contribution in [2.75, 3.05) is 13.1 Å². The second-order valence-electron chi connectivity index (χ2n) is 4.47. The van der Waals surface area contributed by atoms with E-state index in [2.05, 4.69) is 5.32 Å². The summed E-state index contributed by atoms with van der Waals surface area (Å²) in [6.45, 7) is 1.28. The van der Waals surface area contributed by atoms with Crippen LogP contribution in [-0.4, -0.2) is 48.8 Å². The first-order valence-electron chi connectivity index (χ1n) is 5.87. The van der Waals surface area contributed by atoms with Gasteiger partial charge in [0.15, 0.2) is 5.81 Å². The number of nitrogens with zero attached hydrogens (tertiary/aromatic N) is 1. The fraction of sp³-hybridized carbons (Fsp3) is 0.333. The van der Waals surface area contributed by atoms with Crippen LogP contribution in [0.1, 0.15) is 15.9 Å². The van der Waals surface area contributed by atoms with Crippen molar-refractivity contribution in [2.24, 2.45) is 0 Å². The van der Waals surface area contributed by atoms with E-state index in [1.807, 2.05) is 12.1 Å². The van der Waals surface area contributed by atoms with Gasteiger partial charge < -0.3 is 15.3 Å². The summed E-state index contributed by atoms with van der Waals surface area (Å²) in [7, 11) is 1.47. The number of hydrogen-bond donors (Lipinski definition) is 2. The molecule has 18 heavy (non-hydrogen) atoms. The predicted octanol–water partition coefficient (Wildman–Crippen LogP) is -0.654. The van der Waals surface area contributed by atoms with E-state index in [4.69, 9.17) is 5.11 Å². The number of benzene rings is 1. The summed E-state index contributed by atoms with van der Waals surface area (Å²) in [4.78, 5) is 24.3. The zero-order valence-electron chi connectivity index (χ0n) is 10.2. The fourth-order valence-electron chi connectivity index (χ4n) is 1.80. The highest BCUT2D eigenvalue weighted by atomic mass is 16.3. The van der Waals surface area contributed by atoms with E-state index in [1.54, 1.807) is 17.0 Å². The first kappa shape index (κ1) is 12.6. The van der Waals surface area contributed by atoms with Crippen molar-refractivity contribution in [2.45, 2.75) is 12.6 Å². The van der Waals surface area contributed by atoms with Crippen molar-refractivity contribution in [3.8, 4) is 0 Å². The number of amides is 2. The van der Waals surface area contributed by atoms with E-state index in [9.17, 15) is 9.59 Å². The van der Waals surface area contributed by atoms with Crippen LogP contribution in [0.15, 0.2) is 24.3 Å². The van der Waals surface area contributed by atoms with E-state index >= 15 is 0 Å². The zero-order valence-corrected chi connectivity index (χ0v) is 10.2. The molecule has 1 heterocycles. The molecule has 2 amide bonds. The van der Waals surface area contributed by atoms with Crippen LogP contribution in [0.2, 0.25) is 0 Å². The maximum atomic E-state index is 11.9. The Labute approximate surface area is 106 Å². The Kier molecular flexibility index (Phi) is 3.67. The molecular formula is C12H15BN2O3. The molecule has 1 aromatic carbocycles. The molecule has 2 rings (SSSR count). The molecule has 1 fully saturated rings. The molecule has 0 atom stereocenters. The lowest BCUT2D eigenvalue weighted by Crippen LogP contribution is -2.53. The Bertz CT molecular complexity index is 455. The maximum Gasteiger partial charge on any atom is 0.254 e. The van der Waals surface area contributed by atoms with E-state index < -0.39 is 0 Å². The fourth-order valence-corrected chi connectivity index (χ4v) is 1.80. The molecule has 0 unspecified atom stereocenters. The van der Waals surface area contributed by atoms with Crippen LogP contribution in [-0.2, 0) is 6.54 Å². The van der Waals surface area contributed by atoms with Gasteiger partial charge in [-0.3, -0.25) is 9.59 Å². The molecule has 1 aliphatic heterocycles. The molecule has 0 bridgehead atoms. The van der Waals surface area contributed by atoms with Crippen LogP contribution in [0.3, 0.4) is 0 Å². The highest BCUT2D eigenvalue weighted by molar-refractivity contribution is 6.57. The van der Waals surface area contributed by atoms with Gasteiger partial charge in [0.2, 0.25) is 7.85 Å². The van der Waals surface area contributed by atoms with Gasteiger partial charge in [0.1, 0.15) is 0 Å². The summed E-state index contributed by atoms with van der Waals surface area (Å²) in [5, 5.41) is 11.8. The summed E-state index contributed by atoms with van der Waals surface area (Å²) in [6, 6.07) is 7.12. The quantitative estimate of drug-likeness (QED) is 0.696. The zero-order chi connectivity index (χ0) is 13.1. The second kappa shape index (κ2) is 5.22. The third kappa shape index (κ3) is 2.90. The lowest BCUT2D eigenvalue weighted by atomic mass is 10.1. The third-order valence-corrected chi connectivity index (χ3v) is 2.89. The molecule has 0 radical (unpaired) electrons. The minimum absolute atomic E-state index is 0.0635. The Balaban J connectivity index is 1.94. The van der Waals surface area contributed by atoms with Crippen molar-refractivity contribution in [1.29, 1.82) is 0 Å². The smallest absolute Gasteiger partial charge is 0.254 e. The van der Waals surface area contributed by atoms with Crippen molar-refractivity contribution < 1.29 is 14.7 Å². The minimum Gasteiger partial charge on any atom is -0.389 e. The third-order valence-electron chi connectivity index (χ3n) is 2.89. The summed E-state index contributed by atoms with van der Waals surface area (Å²) in [6.07, 6.45) is -0.381. The average Bonchev–Trinajstić information content (AvgIpc) is 2.32. The van der Waals surface area contributed by atoms with Gasteiger partial charge in [-0.25, -0.2) is 0 Å². The number of aliphatic hydroxyl groups excluding tert-OH is 1. The van der Waals surface area contributed by atoms with E-state index in [-0.39, 0.29) is 17.8 Å². The molecular weight excluding hydrogens is 231 g/mol. The van der Waals surface area contributed by atoms with Gasteiger partial charge in [0, 0.05) is 25.2 Å². The summed E-state index contributed by atoms with van der Waals surface area (Å²) in [5.74, 6) is -0.143. The van der Waals surface area contributed by atoms with Gasteiger partial charge in [0.05, 0.1) is 6.10 Å². The van der Waals surface area contributed by atoms with E-state index in [0.717, 1.165) is 5.56 Å². The SMILES string of the molecule is BC(=O)NCc1ccc(C(=O)N2CC(O)C2)cc1. The van der Waals surface area contributed by atoms with Crippen molar-refractivity contribution in [1.82, 2.24) is 10.2 Å². The number of carbonyl (C=O) groups excluding carboxylic acids is 2. The first-order chi connectivity index (χ1) is 8.56. The standard InChI is InChI=1S/C12H15BN2O3/c13-12(18)14-5-8-1-3-9(4-2-8)11(17)15-6-10(16)7-15/h1-4,10,16H,5-7,13H2,(H,14,18). The van der Waals surface area contributed by atoms with E-state index in [1.165, 1.54) is 7.85 Å². The number of nitrogens with one attached hydrogen (secondary N) is 1. The van der Waals surface area contributed by atoms with Crippen molar-refractivity contribution in [3.05, 3.63) is 35.4 Å². The lowest BCUT2D eigenvalue weighted by molar-refractivity contribution is 0.00589. The molecule has 1 aromatic rings. The number of aliphatic hydroxyl groups is 1.